The van der Waals surface area contributed by atoms with Crippen molar-refractivity contribution in [2.24, 2.45) is 5.92 Å². The van der Waals surface area contributed by atoms with Gasteiger partial charge in [0.15, 0.2) is 0 Å². The van der Waals surface area contributed by atoms with Crippen molar-refractivity contribution in [3.8, 4) is 0 Å². The van der Waals surface area contributed by atoms with Crippen molar-refractivity contribution in [1.29, 1.82) is 0 Å². The van der Waals surface area contributed by atoms with Gasteiger partial charge in [0, 0.05) is 12.1 Å². The Morgan fingerprint density at radius 2 is 1.81 bits per heavy atom. The van der Waals surface area contributed by atoms with Crippen molar-refractivity contribution in [2.45, 2.75) is 46.5 Å². The van der Waals surface area contributed by atoms with Gasteiger partial charge in [-0.2, -0.15) is 0 Å². The molecule has 0 aromatic heterocycles. The molecule has 1 aromatic rings. The molecule has 116 valence electrons. The van der Waals surface area contributed by atoms with E-state index in [9.17, 15) is 9.59 Å². The van der Waals surface area contributed by atoms with Gasteiger partial charge in [-0.1, -0.05) is 33.6 Å². The highest BCUT2D eigenvalue weighted by atomic mass is 16.5. The molecule has 0 aliphatic heterocycles. The van der Waals surface area contributed by atoms with Crippen molar-refractivity contribution in [3.05, 3.63) is 29.8 Å². The van der Waals surface area contributed by atoms with Crippen molar-refractivity contribution in [1.82, 2.24) is 0 Å². The molecule has 0 fully saturated rings. The van der Waals surface area contributed by atoms with Gasteiger partial charge in [0.1, 0.15) is 0 Å². The molecule has 4 heteroatoms. The molecule has 0 unspecified atom stereocenters. The number of hydrogen-bond acceptors (Lipinski definition) is 3. The Labute approximate surface area is 126 Å². The fourth-order valence-corrected chi connectivity index (χ4v) is 1.77. The maximum atomic E-state index is 11.7. The molecule has 4 nitrogen and oxygen atoms in total. The van der Waals surface area contributed by atoms with E-state index in [1.54, 1.807) is 24.3 Å². The molecular weight excluding hydrogens is 266 g/mol. The Morgan fingerprint density at radius 3 is 2.38 bits per heavy atom. The maximum Gasteiger partial charge on any atom is 0.338 e. The summed E-state index contributed by atoms with van der Waals surface area (Å²) in [5.41, 5.74) is 1.21. The molecule has 1 aromatic carbocycles. The van der Waals surface area contributed by atoms with Crippen LogP contribution in [0.4, 0.5) is 5.69 Å². The minimum Gasteiger partial charge on any atom is -0.462 e. The third kappa shape index (κ3) is 6.93. The van der Waals surface area contributed by atoms with Crippen molar-refractivity contribution in [3.63, 3.8) is 0 Å². The van der Waals surface area contributed by atoms with Crippen molar-refractivity contribution < 1.29 is 14.3 Å². The number of anilines is 1. The minimum absolute atomic E-state index is 0.0126. The first-order valence-corrected chi connectivity index (χ1v) is 7.60. The van der Waals surface area contributed by atoms with Crippen LogP contribution in [0.1, 0.15) is 56.8 Å². The van der Waals surface area contributed by atoms with E-state index in [1.165, 1.54) is 0 Å². The number of esters is 1. The number of amides is 1. The summed E-state index contributed by atoms with van der Waals surface area (Å²) in [6.07, 6.45) is 3.60. The zero-order valence-corrected chi connectivity index (χ0v) is 13.1. The lowest BCUT2D eigenvalue weighted by Gasteiger charge is -2.08. The van der Waals surface area contributed by atoms with Crippen LogP contribution in [0.3, 0.4) is 0 Å². The Kier molecular flexibility index (Phi) is 7.51. The SMILES string of the molecule is CCCCCC(=O)Nc1ccc(C(=O)OCC(C)C)cc1. The van der Waals surface area contributed by atoms with Gasteiger partial charge in [-0.15, -0.1) is 0 Å². The summed E-state index contributed by atoms with van der Waals surface area (Å²) < 4.78 is 5.15. The Balaban J connectivity index is 2.46. The third-order valence-corrected chi connectivity index (χ3v) is 2.96. The van der Waals surface area contributed by atoms with Gasteiger partial charge in [-0.05, 0) is 36.6 Å². The lowest BCUT2D eigenvalue weighted by atomic mass is 10.2. The number of carbonyl (C=O) groups is 2. The van der Waals surface area contributed by atoms with Crippen LogP contribution in [0.5, 0.6) is 0 Å². The van der Waals surface area contributed by atoms with Crippen molar-refractivity contribution in [2.75, 3.05) is 11.9 Å². The number of ether oxygens (including phenoxy) is 1. The molecule has 1 N–H and O–H groups in total. The summed E-state index contributed by atoms with van der Waals surface area (Å²) in [5, 5.41) is 2.83. The van der Waals surface area contributed by atoms with E-state index in [0.29, 0.717) is 30.2 Å². The second-order valence-electron chi connectivity index (χ2n) is 5.57. The summed E-state index contributed by atoms with van der Waals surface area (Å²) in [6.45, 7) is 6.50. The molecule has 0 aliphatic carbocycles. The second kappa shape index (κ2) is 9.16. The number of rotatable bonds is 8. The van der Waals surface area contributed by atoms with Gasteiger partial charge in [-0.25, -0.2) is 4.79 Å². The standard InChI is InChI=1S/C17H25NO3/c1-4-5-6-7-16(19)18-15-10-8-14(9-11-15)17(20)21-12-13(2)3/h8-11,13H,4-7,12H2,1-3H3,(H,18,19). The van der Waals surface area contributed by atoms with E-state index in [1.807, 2.05) is 13.8 Å². The van der Waals surface area contributed by atoms with Gasteiger partial charge in [-0.3, -0.25) is 4.79 Å². The molecule has 0 spiro atoms. The molecule has 1 rings (SSSR count). The topological polar surface area (TPSA) is 55.4 Å². The zero-order valence-electron chi connectivity index (χ0n) is 13.1. The molecule has 0 saturated heterocycles. The van der Waals surface area contributed by atoms with Crippen molar-refractivity contribution >= 4 is 17.6 Å². The van der Waals surface area contributed by atoms with E-state index in [-0.39, 0.29) is 11.9 Å². The molecule has 0 bridgehead atoms. The van der Waals surface area contributed by atoms with Crippen LogP contribution in [-0.2, 0) is 9.53 Å². The average molecular weight is 291 g/mol. The quantitative estimate of drug-likeness (QED) is 0.581. The smallest absolute Gasteiger partial charge is 0.338 e. The number of benzene rings is 1. The van der Waals surface area contributed by atoms with Crippen LogP contribution in [0, 0.1) is 5.92 Å². The van der Waals surface area contributed by atoms with Gasteiger partial charge < -0.3 is 10.1 Å². The van der Waals surface area contributed by atoms with Gasteiger partial charge in [0.2, 0.25) is 5.91 Å². The van der Waals surface area contributed by atoms with Gasteiger partial charge >= 0.3 is 5.97 Å². The molecule has 0 radical (unpaired) electrons. The maximum absolute atomic E-state index is 11.7. The number of unbranched alkanes of at least 4 members (excludes halogenated alkanes) is 2. The molecule has 1 amide bonds. The van der Waals surface area contributed by atoms with E-state index in [4.69, 9.17) is 4.74 Å². The average Bonchev–Trinajstić information content (AvgIpc) is 2.45. The summed E-state index contributed by atoms with van der Waals surface area (Å²) in [4.78, 5) is 23.4. The predicted molar refractivity (Wildman–Crippen MR) is 84.3 cm³/mol. The largest absolute Gasteiger partial charge is 0.462 e. The third-order valence-electron chi connectivity index (χ3n) is 2.96. The molecule has 0 aliphatic rings. The van der Waals surface area contributed by atoms with E-state index < -0.39 is 0 Å². The summed E-state index contributed by atoms with van der Waals surface area (Å²) in [6, 6.07) is 6.79. The highest BCUT2D eigenvalue weighted by Gasteiger charge is 2.08. The number of carbonyl (C=O) groups excluding carboxylic acids is 2. The van der Waals surface area contributed by atoms with Gasteiger partial charge in [0.25, 0.3) is 0 Å². The molecule has 0 saturated carbocycles. The number of nitrogens with one attached hydrogen (secondary N) is 1. The Bertz CT molecular complexity index is 452. The first kappa shape index (κ1) is 17.2. The zero-order chi connectivity index (χ0) is 15.7. The van der Waals surface area contributed by atoms with Crippen LogP contribution in [0.15, 0.2) is 24.3 Å². The van der Waals surface area contributed by atoms with Crippen LogP contribution in [0.2, 0.25) is 0 Å². The fourth-order valence-electron chi connectivity index (χ4n) is 1.77. The van der Waals surface area contributed by atoms with E-state index in [2.05, 4.69) is 12.2 Å². The first-order valence-electron chi connectivity index (χ1n) is 7.60. The molecule has 0 heterocycles. The summed E-state index contributed by atoms with van der Waals surface area (Å²) in [7, 11) is 0. The normalized spacial score (nSPS) is 10.5. The summed E-state index contributed by atoms with van der Waals surface area (Å²) >= 11 is 0. The van der Waals surface area contributed by atoms with Crippen LogP contribution < -0.4 is 5.32 Å². The van der Waals surface area contributed by atoms with Gasteiger partial charge in [0.05, 0.1) is 12.2 Å². The highest BCUT2D eigenvalue weighted by Crippen LogP contribution is 2.12. The first-order chi connectivity index (χ1) is 10.0. The molecule has 0 atom stereocenters. The van der Waals surface area contributed by atoms with Crippen LogP contribution in [0.25, 0.3) is 0 Å². The molecular formula is C17H25NO3. The Hall–Kier alpha value is -1.84. The monoisotopic (exact) mass is 291 g/mol. The summed E-state index contributed by atoms with van der Waals surface area (Å²) in [5.74, 6) is -0.00117. The van der Waals surface area contributed by atoms with Crippen LogP contribution in [-0.4, -0.2) is 18.5 Å². The lowest BCUT2D eigenvalue weighted by Crippen LogP contribution is -2.12. The van der Waals surface area contributed by atoms with E-state index in [0.717, 1.165) is 19.3 Å². The minimum atomic E-state index is -0.329. The lowest BCUT2D eigenvalue weighted by molar-refractivity contribution is -0.116. The number of hydrogen-bond donors (Lipinski definition) is 1. The van der Waals surface area contributed by atoms with E-state index >= 15 is 0 Å². The Morgan fingerprint density at radius 1 is 1.14 bits per heavy atom. The van der Waals surface area contributed by atoms with Crippen LogP contribution >= 0.6 is 0 Å². The second-order valence-corrected chi connectivity index (χ2v) is 5.57. The predicted octanol–water partition coefficient (Wildman–Crippen LogP) is 4.02. The molecule has 21 heavy (non-hydrogen) atoms. The fraction of sp³-hybridized carbons (Fsp3) is 0.529. The highest BCUT2D eigenvalue weighted by molar-refractivity contribution is 5.93.